The van der Waals surface area contributed by atoms with Crippen molar-refractivity contribution in [2.75, 3.05) is 26.2 Å². The molecular weight excluding hydrogens is 472 g/mol. The Kier molecular flexibility index (Phi) is 10.1. The summed E-state index contributed by atoms with van der Waals surface area (Å²) in [7, 11) is 0. The van der Waals surface area contributed by atoms with Gasteiger partial charge < -0.3 is 20.4 Å². The van der Waals surface area contributed by atoms with Crippen molar-refractivity contribution in [2.45, 2.75) is 58.0 Å². The van der Waals surface area contributed by atoms with Crippen molar-refractivity contribution >= 4 is 34.7 Å². The molecule has 2 saturated heterocycles. The van der Waals surface area contributed by atoms with Crippen LogP contribution in [0.3, 0.4) is 0 Å². The smallest absolute Gasteiger partial charge is 0.169 e. The molecule has 0 unspecified atom stereocenters. The molecule has 4 rings (SSSR count). The monoisotopic (exact) mass is 510 g/mol. The number of thiocarbonyl (C=S) groups is 2. The number of hydrogen-bond donors (Lipinski definition) is 2. The van der Waals surface area contributed by atoms with E-state index in [1.54, 1.807) is 0 Å². The molecule has 8 heteroatoms. The highest BCUT2D eigenvalue weighted by Gasteiger charge is 2.23. The number of likely N-dealkylation sites (tertiary alicyclic amines) is 2. The molecular formula is C27H38N6S2. The van der Waals surface area contributed by atoms with Gasteiger partial charge in [0, 0.05) is 64.1 Å². The topological polar surface area (TPSA) is 56.3 Å². The highest BCUT2D eigenvalue weighted by molar-refractivity contribution is 7.80. The third-order valence-electron chi connectivity index (χ3n) is 7.41. The van der Waals surface area contributed by atoms with E-state index in [9.17, 15) is 0 Å². The first-order chi connectivity index (χ1) is 17.2. The molecule has 0 aromatic carbocycles. The van der Waals surface area contributed by atoms with Crippen molar-refractivity contribution in [3.05, 3.63) is 60.2 Å². The van der Waals surface area contributed by atoms with Crippen LogP contribution in [0.15, 0.2) is 49.1 Å². The molecule has 4 heterocycles. The molecule has 2 N–H and O–H groups in total. The Morgan fingerprint density at radius 1 is 0.686 bits per heavy atom. The van der Waals surface area contributed by atoms with Gasteiger partial charge in [0.2, 0.25) is 0 Å². The highest BCUT2D eigenvalue weighted by atomic mass is 32.1. The molecule has 2 aliphatic heterocycles. The van der Waals surface area contributed by atoms with Crippen LogP contribution in [0.4, 0.5) is 0 Å². The van der Waals surface area contributed by atoms with E-state index >= 15 is 0 Å². The molecule has 0 spiro atoms. The molecule has 2 aromatic heterocycles. The predicted molar refractivity (Wildman–Crippen MR) is 150 cm³/mol. The molecule has 2 aromatic rings. The van der Waals surface area contributed by atoms with Gasteiger partial charge in [-0.1, -0.05) is 19.3 Å². The molecule has 0 bridgehead atoms. The van der Waals surface area contributed by atoms with Crippen molar-refractivity contribution in [3.8, 4) is 0 Å². The summed E-state index contributed by atoms with van der Waals surface area (Å²) in [5.74, 6) is 1.69. The average molecular weight is 511 g/mol. The summed E-state index contributed by atoms with van der Waals surface area (Å²) in [6.45, 7) is 5.85. The van der Waals surface area contributed by atoms with Crippen LogP contribution < -0.4 is 10.6 Å². The minimum absolute atomic E-state index is 0.769. The van der Waals surface area contributed by atoms with E-state index in [4.69, 9.17) is 24.4 Å². The molecule has 188 valence electrons. The maximum absolute atomic E-state index is 5.63. The molecule has 2 aliphatic rings. The molecule has 0 radical (unpaired) electrons. The number of piperidine rings is 2. The van der Waals surface area contributed by atoms with Crippen molar-refractivity contribution in [3.63, 3.8) is 0 Å². The van der Waals surface area contributed by atoms with Gasteiger partial charge >= 0.3 is 0 Å². The molecule has 0 amide bonds. The van der Waals surface area contributed by atoms with Crippen LogP contribution in [0.1, 0.15) is 56.1 Å². The second-order valence-corrected chi connectivity index (χ2v) is 10.6. The van der Waals surface area contributed by atoms with Crippen molar-refractivity contribution in [2.24, 2.45) is 11.8 Å². The predicted octanol–water partition coefficient (Wildman–Crippen LogP) is 4.52. The highest BCUT2D eigenvalue weighted by Crippen LogP contribution is 2.27. The normalized spacial score (nSPS) is 17.3. The largest absolute Gasteiger partial charge is 0.358 e. The second-order valence-electron chi connectivity index (χ2n) is 9.82. The van der Waals surface area contributed by atoms with Crippen LogP contribution in [0, 0.1) is 11.8 Å². The fourth-order valence-electron chi connectivity index (χ4n) is 5.12. The summed E-state index contributed by atoms with van der Waals surface area (Å²) in [6, 6.07) is 8.11. The third-order valence-corrected chi connectivity index (χ3v) is 8.22. The zero-order valence-electron chi connectivity index (χ0n) is 20.6. The number of hydrogen-bond acceptors (Lipinski definition) is 4. The number of rotatable bonds is 8. The molecule has 0 aliphatic carbocycles. The molecule has 2 fully saturated rings. The SMILES string of the molecule is S=C(NCc1ccncc1)N1CCC(CCCC2CCN(C(=S)NCc3ccncc3)CC2)CC1. The van der Waals surface area contributed by atoms with Gasteiger partial charge in [0.05, 0.1) is 0 Å². The number of pyridine rings is 2. The van der Waals surface area contributed by atoms with E-state index in [1.807, 2.05) is 49.1 Å². The Balaban J connectivity index is 1.05. The minimum Gasteiger partial charge on any atom is -0.358 e. The Morgan fingerprint density at radius 2 is 1.06 bits per heavy atom. The van der Waals surface area contributed by atoms with Crippen LogP contribution in [0.25, 0.3) is 0 Å². The zero-order valence-corrected chi connectivity index (χ0v) is 22.2. The second kappa shape index (κ2) is 13.7. The van der Waals surface area contributed by atoms with E-state index in [0.717, 1.165) is 61.3 Å². The Hall–Kier alpha value is -2.32. The van der Waals surface area contributed by atoms with Crippen molar-refractivity contribution in [1.29, 1.82) is 0 Å². The van der Waals surface area contributed by atoms with E-state index in [0.29, 0.717) is 0 Å². The number of nitrogens with one attached hydrogen (secondary N) is 2. The van der Waals surface area contributed by atoms with Crippen LogP contribution in [0.5, 0.6) is 0 Å². The van der Waals surface area contributed by atoms with E-state index in [1.165, 1.54) is 56.1 Å². The Labute approximate surface area is 220 Å². The lowest BCUT2D eigenvalue weighted by molar-refractivity contribution is 0.226. The van der Waals surface area contributed by atoms with Crippen molar-refractivity contribution < 1.29 is 0 Å². The van der Waals surface area contributed by atoms with Crippen LogP contribution in [-0.4, -0.2) is 56.2 Å². The maximum atomic E-state index is 5.63. The van der Waals surface area contributed by atoms with E-state index < -0.39 is 0 Å². The summed E-state index contributed by atoms with van der Waals surface area (Å²) < 4.78 is 0. The standard InChI is InChI=1S/C27H38N6S2/c34-26(30-20-24-4-12-28-13-5-24)32-16-8-22(9-17-32)2-1-3-23-10-18-33(19-11-23)27(35)31-21-25-6-14-29-15-7-25/h4-7,12-15,22-23H,1-3,8-11,16-21H2,(H,30,34)(H,31,35). The minimum atomic E-state index is 0.769. The number of aromatic nitrogens is 2. The third kappa shape index (κ3) is 8.39. The lowest BCUT2D eigenvalue weighted by Gasteiger charge is -2.35. The van der Waals surface area contributed by atoms with Gasteiger partial charge in [0.15, 0.2) is 10.2 Å². The van der Waals surface area contributed by atoms with Crippen LogP contribution in [0.2, 0.25) is 0 Å². The van der Waals surface area contributed by atoms with Gasteiger partial charge in [0.1, 0.15) is 0 Å². The van der Waals surface area contributed by atoms with Gasteiger partial charge in [0.25, 0.3) is 0 Å². The molecule has 0 atom stereocenters. The first kappa shape index (κ1) is 25.8. The van der Waals surface area contributed by atoms with Gasteiger partial charge in [-0.25, -0.2) is 0 Å². The first-order valence-corrected chi connectivity index (χ1v) is 13.8. The summed E-state index contributed by atoms with van der Waals surface area (Å²) in [6.07, 6.45) is 16.4. The van der Waals surface area contributed by atoms with Crippen LogP contribution in [-0.2, 0) is 13.1 Å². The maximum Gasteiger partial charge on any atom is 0.169 e. The fraction of sp³-hybridized carbons (Fsp3) is 0.556. The van der Waals surface area contributed by atoms with Gasteiger partial charge in [-0.2, -0.15) is 0 Å². The summed E-state index contributed by atoms with van der Waals surface area (Å²) in [4.78, 5) is 12.8. The quantitative estimate of drug-likeness (QED) is 0.503. The lowest BCUT2D eigenvalue weighted by Crippen LogP contribution is -2.44. The van der Waals surface area contributed by atoms with Gasteiger partial charge in [-0.3, -0.25) is 9.97 Å². The van der Waals surface area contributed by atoms with E-state index in [-0.39, 0.29) is 0 Å². The summed E-state index contributed by atoms with van der Waals surface area (Å²) >= 11 is 11.3. The Bertz CT molecular complexity index is 834. The fourth-order valence-corrected chi connectivity index (χ4v) is 5.63. The summed E-state index contributed by atoms with van der Waals surface area (Å²) in [5, 5.41) is 8.59. The molecule has 35 heavy (non-hydrogen) atoms. The molecule has 0 saturated carbocycles. The summed E-state index contributed by atoms with van der Waals surface area (Å²) in [5.41, 5.74) is 2.43. The van der Waals surface area contributed by atoms with Crippen LogP contribution >= 0.6 is 24.4 Å². The Morgan fingerprint density at radius 3 is 1.43 bits per heavy atom. The van der Waals surface area contributed by atoms with Crippen molar-refractivity contribution in [1.82, 2.24) is 30.4 Å². The first-order valence-electron chi connectivity index (χ1n) is 13.0. The molecule has 6 nitrogen and oxygen atoms in total. The van der Waals surface area contributed by atoms with E-state index in [2.05, 4.69) is 30.4 Å². The van der Waals surface area contributed by atoms with Gasteiger partial charge in [-0.05, 0) is 97.3 Å². The zero-order chi connectivity index (χ0) is 24.3. The average Bonchev–Trinajstić information content (AvgIpc) is 2.92. The number of nitrogens with zero attached hydrogens (tertiary/aromatic N) is 4. The van der Waals surface area contributed by atoms with Gasteiger partial charge in [-0.15, -0.1) is 0 Å². The lowest BCUT2D eigenvalue weighted by atomic mass is 9.87.